The Balaban J connectivity index is 2.31. The van der Waals surface area contributed by atoms with Crippen molar-refractivity contribution in [2.24, 2.45) is 0 Å². The van der Waals surface area contributed by atoms with Crippen LogP contribution >= 0.6 is 0 Å². The molecule has 0 aliphatic rings. The van der Waals surface area contributed by atoms with Crippen LogP contribution in [0.1, 0.15) is 26.4 Å². The van der Waals surface area contributed by atoms with Gasteiger partial charge in [-0.25, -0.2) is 4.79 Å². The van der Waals surface area contributed by atoms with Gasteiger partial charge in [0, 0.05) is 11.8 Å². The van der Waals surface area contributed by atoms with Crippen molar-refractivity contribution in [3.63, 3.8) is 0 Å². The summed E-state index contributed by atoms with van der Waals surface area (Å²) in [6.07, 6.45) is 1.63. The molecule has 21 heavy (non-hydrogen) atoms. The Morgan fingerprint density at radius 3 is 2.33 bits per heavy atom. The van der Waals surface area contributed by atoms with Gasteiger partial charge in [-0.15, -0.1) is 0 Å². The minimum absolute atomic E-state index is 0.0115. The van der Waals surface area contributed by atoms with Crippen molar-refractivity contribution in [1.82, 2.24) is 4.40 Å². The first kappa shape index (κ1) is 12.9. The number of ketones is 1. The van der Waals surface area contributed by atoms with Gasteiger partial charge in [0.1, 0.15) is 11.3 Å². The summed E-state index contributed by atoms with van der Waals surface area (Å²) in [6, 6.07) is 13.7. The number of fused-ring (bicyclic) bond motifs is 1. The maximum Gasteiger partial charge on any atom is 0.340 e. The summed E-state index contributed by atoms with van der Waals surface area (Å²) in [6.45, 7) is 0. The van der Waals surface area contributed by atoms with Crippen LogP contribution < -0.4 is 5.73 Å². The topological polar surface area (TPSA) is 84.8 Å². The van der Waals surface area contributed by atoms with E-state index in [9.17, 15) is 14.7 Å². The number of nitrogen functional groups attached to an aromatic ring is 1. The zero-order valence-electron chi connectivity index (χ0n) is 11.0. The Kier molecular flexibility index (Phi) is 2.95. The Hall–Kier alpha value is -3.08. The van der Waals surface area contributed by atoms with E-state index in [2.05, 4.69) is 0 Å². The smallest absolute Gasteiger partial charge is 0.340 e. The summed E-state index contributed by atoms with van der Waals surface area (Å²) < 4.78 is 1.52. The summed E-state index contributed by atoms with van der Waals surface area (Å²) >= 11 is 0. The van der Waals surface area contributed by atoms with Gasteiger partial charge >= 0.3 is 5.97 Å². The van der Waals surface area contributed by atoms with Crippen LogP contribution in [0.25, 0.3) is 5.52 Å². The van der Waals surface area contributed by atoms with E-state index >= 15 is 0 Å². The largest absolute Gasteiger partial charge is 0.478 e. The van der Waals surface area contributed by atoms with Crippen molar-refractivity contribution >= 4 is 23.0 Å². The molecule has 0 amide bonds. The fourth-order valence-corrected chi connectivity index (χ4v) is 2.41. The van der Waals surface area contributed by atoms with Gasteiger partial charge in [-0.2, -0.15) is 0 Å². The lowest BCUT2D eigenvalue weighted by Crippen LogP contribution is -2.08. The zero-order chi connectivity index (χ0) is 15.0. The fourth-order valence-electron chi connectivity index (χ4n) is 2.41. The van der Waals surface area contributed by atoms with E-state index in [4.69, 9.17) is 5.73 Å². The maximum absolute atomic E-state index is 12.6. The minimum atomic E-state index is -1.15. The predicted octanol–water partition coefficient (Wildman–Crippen LogP) is 2.45. The van der Waals surface area contributed by atoms with Crippen molar-refractivity contribution in [2.45, 2.75) is 0 Å². The first-order valence-electron chi connectivity index (χ1n) is 6.33. The van der Waals surface area contributed by atoms with Gasteiger partial charge in [-0.3, -0.25) is 4.79 Å². The first-order chi connectivity index (χ1) is 10.1. The van der Waals surface area contributed by atoms with Crippen LogP contribution in [0, 0.1) is 0 Å². The third-order valence-electron chi connectivity index (χ3n) is 3.35. The first-order valence-corrected chi connectivity index (χ1v) is 6.33. The van der Waals surface area contributed by atoms with E-state index in [1.54, 1.807) is 54.7 Å². The monoisotopic (exact) mass is 280 g/mol. The van der Waals surface area contributed by atoms with E-state index in [0.717, 1.165) is 0 Å². The van der Waals surface area contributed by atoms with Crippen LogP contribution in [-0.4, -0.2) is 21.3 Å². The average molecular weight is 280 g/mol. The predicted molar refractivity (Wildman–Crippen MR) is 78.6 cm³/mol. The molecule has 5 heteroatoms. The number of rotatable bonds is 3. The van der Waals surface area contributed by atoms with Gasteiger partial charge in [-0.05, 0) is 12.1 Å². The van der Waals surface area contributed by atoms with Crippen LogP contribution in [0.4, 0.5) is 5.69 Å². The summed E-state index contributed by atoms with van der Waals surface area (Å²) in [5.41, 5.74) is 6.92. The number of carboxylic acid groups (broad SMARTS) is 1. The van der Waals surface area contributed by atoms with Gasteiger partial charge in [0.15, 0.2) is 0 Å². The molecule has 0 aliphatic heterocycles. The van der Waals surface area contributed by atoms with E-state index in [-0.39, 0.29) is 22.7 Å². The standard InChI is InChI=1S/C16H12N2O3/c17-13-12(16(20)21)11-8-4-5-9-18(11)14(13)15(19)10-6-2-1-3-7-10/h1-9H,17H2,(H,20,21). The lowest BCUT2D eigenvalue weighted by atomic mass is 10.1. The molecule has 2 aromatic heterocycles. The molecule has 1 aromatic carbocycles. The number of nitrogens with zero attached hydrogens (tertiary/aromatic N) is 1. The van der Waals surface area contributed by atoms with Crippen LogP contribution in [0.2, 0.25) is 0 Å². The fraction of sp³-hybridized carbons (Fsp3) is 0. The Bertz CT molecular complexity index is 851. The molecule has 104 valence electrons. The highest BCUT2D eigenvalue weighted by Gasteiger charge is 2.25. The van der Waals surface area contributed by atoms with Crippen molar-refractivity contribution in [2.75, 3.05) is 5.73 Å². The number of carbonyl (C=O) groups excluding carboxylic acids is 1. The second-order valence-electron chi connectivity index (χ2n) is 4.59. The van der Waals surface area contributed by atoms with E-state index in [0.29, 0.717) is 11.1 Å². The average Bonchev–Trinajstić information content (AvgIpc) is 2.79. The lowest BCUT2D eigenvalue weighted by molar-refractivity contribution is 0.0700. The second-order valence-corrected chi connectivity index (χ2v) is 4.59. The zero-order valence-corrected chi connectivity index (χ0v) is 11.0. The van der Waals surface area contributed by atoms with E-state index in [1.165, 1.54) is 4.40 Å². The number of benzene rings is 1. The number of hydrogen-bond acceptors (Lipinski definition) is 3. The molecule has 0 saturated heterocycles. The molecule has 0 spiro atoms. The van der Waals surface area contributed by atoms with Gasteiger partial charge < -0.3 is 15.2 Å². The summed E-state index contributed by atoms with van der Waals surface area (Å²) in [7, 11) is 0. The lowest BCUT2D eigenvalue weighted by Gasteiger charge is -2.03. The summed E-state index contributed by atoms with van der Waals surface area (Å²) in [5, 5.41) is 9.32. The Labute approximate surface area is 120 Å². The molecule has 0 bridgehead atoms. The third kappa shape index (κ3) is 1.95. The van der Waals surface area contributed by atoms with Crippen LogP contribution in [-0.2, 0) is 0 Å². The Morgan fingerprint density at radius 2 is 1.67 bits per heavy atom. The number of pyridine rings is 1. The number of carbonyl (C=O) groups is 2. The van der Waals surface area contributed by atoms with Gasteiger partial charge in [0.05, 0.1) is 11.2 Å². The number of aromatic nitrogens is 1. The van der Waals surface area contributed by atoms with Gasteiger partial charge in [0.2, 0.25) is 5.78 Å². The van der Waals surface area contributed by atoms with Crippen molar-refractivity contribution < 1.29 is 14.7 Å². The normalized spacial score (nSPS) is 10.7. The van der Waals surface area contributed by atoms with Crippen molar-refractivity contribution in [3.8, 4) is 0 Å². The van der Waals surface area contributed by atoms with Crippen molar-refractivity contribution in [3.05, 3.63) is 71.5 Å². The third-order valence-corrected chi connectivity index (χ3v) is 3.35. The maximum atomic E-state index is 12.6. The van der Waals surface area contributed by atoms with Crippen LogP contribution in [0.3, 0.4) is 0 Å². The minimum Gasteiger partial charge on any atom is -0.478 e. The molecule has 3 N–H and O–H groups in total. The summed E-state index contributed by atoms with van der Waals surface area (Å²) in [4.78, 5) is 24.0. The molecule has 0 fully saturated rings. The number of hydrogen-bond donors (Lipinski definition) is 2. The number of carboxylic acids is 1. The quantitative estimate of drug-likeness (QED) is 0.722. The number of aromatic carboxylic acids is 1. The van der Waals surface area contributed by atoms with Gasteiger partial charge in [-0.1, -0.05) is 36.4 Å². The van der Waals surface area contributed by atoms with E-state index < -0.39 is 5.97 Å². The van der Waals surface area contributed by atoms with Crippen molar-refractivity contribution in [1.29, 1.82) is 0 Å². The van der Waals surface area contributed by atoms with E-state index in [1.807, 2.05) is 0 Å². The highest BCUT2D eigenvalue weighted by molar-refractivity contribution is 6.16. The molecule has 3 aromatic rings. The molecule has 5 nitrogen and oxygen atoms in total. The molecule has 0 saturated carbocycles. The molecular formula is C16H12N2O3. The molecule has 2 heterocycles. The Morgan fingerprint density at radius 1 is 1.00 bits per heavy atom. The second kappa shape index (κ2) is 4.79. The van der Waals surface area contributed by atoms with Gasteiger partial charge in [0.25, 0.3) is 0 Å². The number of anilines is 1. The highest BCUT2D eigenvalue weighted by atomic mass is 16.4. The van der Waals surface area contributed by atoms with Crippen LogP contribution in [0.5, 0.6) is 0 Å². The molecule has 0 atom stereocenters. The molecule has 0 unspecified atom stereocenters. The molecular weight excluding hydrogens is 268 g/mol. The molecule has 0 aliphatic carbocycles. The SMILES string of the molecule is Nc1c(C(=O)O)c2ccccn2c1C(=O)c1ccccc1. The van der Waals surface area contributed by atoms with Crippen LogP contribution in [0.15, 0.2) is 54.7 Å². The number of nitrogens with two attached hydrogens (primary N) is 1. The summed E-state index contributed by atoms with van der Waals surface area (Å²) in [5.74, 6) is -1.45. The molecule has 3 rings (SSSR count). The highest BCUT2D eigenvalue weighted by Crippen LogP contribution is 2.28. The molecule has 0 radical (unpaired) electrons.